The van der Waals surface area contributed by atoms with E-state index in [1.165, 1.54) is 0 Å². The van der Waals surface area contributed by atoms with E-state index in [-0.39, 0.29) is 17.9 Å². The summed E-state index contributed by atoms with van der Waals surface area (Å²) in [5.74, 6) is 0.555. The van der Waals surface area contributed by atoms with E-state index in [2.05, 4.69) is 15.7 Å². The van der Waals surface area contributed by atoms with Crippen molar-refractivity contribution in [2.75, 3.05) is 25.1 Å². The van der Waals surface area contributed by atoms with Crippen molar-refractivity contribution >= 4 is 11.7 Å². The van der Waals surface area contributed by atoms with Crippen LogP contribution in [0.4, 0.5) is 5.82 Å². The molecule has 0 saturated carbocycles. The number of hydrogen-bond acceptors (Lipinski definition) is 4. The fourth-order valence-electron chi connectivity index (χ4n) is 1.99. The Labute approximate surface area is 100 Å². The van der Waals surface area contributed by atoms with Crippen molar-refractivity contribution in [2.24, 2.45) is 13.0 Å². The Balaban J connectivity index is 1.98. The molecular formula is C11H18N4O2. The van der Waals surface area contributed by atoms with E-state index in [0.29, 0.717) is 19.0 Å². The van der Waals surface area contributed by atoms with Crippen molar-refractivity contribution < 1.29 is 9.53 Å². The fourth-order valence-corrected chi connectivity index (χ4v) is 1.99. The summed E-state index contributed by atoms with van der Waals surface area (Å²) in [7, 11) is 1.79. The van der Waals surface area contributed by atoms with Gasteiger partial charge in [0, 0.05) is 19.2 Å². The van der Waals surface area contributed by atoms with E-state index in [4.69, 9.17) is 4.74 Å². The third-order valence-corrected chi connectivity index (χ3v) is 2.96. The Morgan fingerprint density at radius 3 is 3.12 bits per heavy atom. The summed E-state index contributed by atoms with van der Waals surface area (Å²) in [6, 6.07) is 1.88. The zero-order valence-electron chi connectivity index (χ0n) is 10.1. The molecule has 2 heterocycles. The summed E-state index contributed by atoms with van der Waals surface area (Å²) in [6.07, 6.45) is 1.66. The Hall–Kier alpha value is -1.40. The minimum atomic E-state index is -0.134. The molecule has 17 heavy (non-hydrogen) atoms. The molecule has 2 N–H and O–H groups in total. The van der Waals surface area contributed by atoms with Crippen LogP contribution in [0.3, 0.4) is 0 Å². The lowest BCUT2D eigenvalue weighted by atomic mass is 10.0. The first-order valence-corrected chi connectivity index (χ1v) is 5.82. The number of aromatic nitrogens is 2. The standard InChI is InChI=1S/C11H18N4O2/c1-3-12-9-7-17-6-8(9)11(16)14-10-4-5-13-15(10)2/h4-5,8-9,12H,3,6-7H2,1-2H3,(H,14,16). The van der Waals surface area contributed by atoms with Crippen LogP contribution < -0.4 is 10.6 Å². The molecular weight excluding hydrogens is 220 g/mol. The summed E-state index contributed by atoms with van der Waals surface area (Å²) in [4.78, 5) is 12.1. The molecule has 6 heteroatoms. The highest BCUT2D eigenvalue weighted by atomic mass is 16.5. The van der Waals surface area contributed by atoms with E-state index >= 15 is 0 Å². The maximum atomic E-state index is 12.1. The molecule has 0 aliphatic carbocycles. The van der Waals surface area contributed by atoms with Crippen LogP contribution in [0.5, 0.6) is 0 Å². The first kappa shape index (κ1) is 12.1. The largest absolute Gasteiger partial charge is 0.379 e. The van der Waals surface area contributed by atoms with Crippen LogP contribution in [-0.2, 0) is 16.6 Å². The molecule has 1 amide bonds. The van der Waals surface area contributed by atoms with E-state index in [0.717, 1.165) is 6.54 Å². The van der Waals surface area contributed by atoms with Gasteiger partial charge >= 0.3 is 0 Å². The van der Waals surface area contributed by atoms with Crippen LogP contribution in [0.2, 0.25) is 0 Å². The zero-order valence-corrected chi connectivity index (χ0v) is 10.1. The topological polar surface area (TPSA) is 68.2 Å². The van der Waals surface area contributed by atoms with Gasteiger partial charge in [0.05, 0.1) is 25.3 Å². The average molecular weight is 238 g/mol. The molecule has 6 nitrogen and oxygen atoms in total. The molecule has 2 rings (SSSR count). The van der Waals surface area contributed by atoms with Gasteiger partial charge in [0.15, 0.2) is 0 Å². The van der Waals surface area contributed by atoms with Crippen LogP contribution in [0.25, 0.3) is 0 Å². The molecule has 1 aromatic heterocycles. The molecule has 1 saturated heterocycles. The van der Waals surface area contributed by atoms with E-state index in [1.54, 1.807) is 24.0 Å². The van der Waals surface area contributed by atoms with E-state index in [9.17, 15) is 4.79 Å². The van der Waals surface area contributed by atoms with Crippen LogP contribution in [-0.4, -0.2) is 41.5 Å². The molecule has 1 aromatic rings. The Kier molecular flexibility index (Phi) is 3.75. The molecule has 0 radical (unpaired) electrons. The second-order valence-corrected chi connectivity index (χ2v) is 4.14. The Bertz CT molecular complexity index is 391. The minimum Gasteiger partial charge on any atom is -0.379 e. The van der Waals surface area contributed by atoms with Crippen molar-refractivity contribution in [2.45, 2.75) is 13.0 Å². The van der Waals surface area contributed by atoms with E-state index < -0.39 is 0 Å². The van der Waals surface area contributed by atoms with Gasteiger partial charge in [0.1, 0.15) is 5.82 Å². The van der Waals surface area contributed by atoms with Gasteiger partial charge in [-0.15, -0.1) is 0 Å². The lowest BCUT2D eigenvalue weighted by Crippen LogP contribution is -2.41. The summed E-state index contributed by atoms with van der Waals surface area (Å²) in [5, 5.41) is 10.1. The maximum absolute atomic E-state index is 12.1. The summed E-state index contributed by atoms with van der Waals surface area (Å²) < 4.78 is 6.98. The number of carbonyl (C=O) groups is 1. The number of nitrogens with one attached hydrogen (secondary N) is 2. The number of nitrogens with zero attached hydrogens (tertiary/aromatic N) is 2. The second-order valence-electron chi connectivity index (χ2n) is 4.14. The Morgan fingerprint density at radius 1 is 1.65 bits per heavy atom. The van der Waals surface area contributed by atoms with Crippen LogP contribution >= 0.6 is 0 Å². The lowest BCUT2D eigenvalue weighted by molar-refractivity contribution is -0.120. The number of anilines is 1. The number of aryl methyl sites for hydroxylation is 1. The molecule has 0 spiro atoms. The molecule has 0 bridgehead atoms. The highest BCUT2D eigenvalue weighted by Crippen LogP contribution is 2.16. The number of amides is 1. The molecule has 1 aliphatic rings. The molecule has 2 atom stereocenters. The highest BCUT2D eigenvalue weighted by molar-refractivity contribution is 5.92. The van der Waals surface area contributed by atoms with Crippen molar-refractivity contribution in [3.8, 4) is 0 Å². The third-order valence-electron chi connectivity index (χ3n) is 2.96. The van der Waals surface area contributed by atoms with Crippen LogP contribution in [0.15, 0.2) is 12.3 Å². The van der Waals surface area contributed by atoms with Crippen molar-refractivity contribution in [1.29, 1.82) is 0 Å². The van der Waals surface area contributed by atoms with Gasteiger partial charge in [0.25, 0.3) is 0 Å². The molecule has 0 aromatic carbocycles. The lowest BCUT2D eigenvalue weighted by Gasteiger charge is -2.17. The number of rotatable bonds is 4. The van der Waals surface area contributed by atoms with Gasteiger partial charge in [-0.25, -0.2) is 0 Å². The number of carbonyl (C=O) groups excluding carboxylic acids is 1. The molecule has 94 valence electrons. The van der Waals surface area contributed by atoms with Gasteiger partial charge in [-0.1, -0.05) is 6.92 Å². The third kappa shape index (κ3) is 2.65. The van der Waals surface area contributed by atoms with Gasteiger partial charge in [0.2, 0.25) is 5.91 Å². The summed E-state index contributed by atoms with van der Waals surface area (Å²) in [5.41, 5.74) is 0. The molecule has 1 aliphatic heterocycles. The number of likely N-dealkylation sites (N-methyl/N-ethyl adjacent to an activating group) is 1. The van der Waals surface area contributed by atoms with Gasteiger partial charge in [-0.2, -0.15) is 5.10 Å². The SMILES string of the molecule is CCNC1COCC1C(=O)Nc1ccnn1C. The number of hydrogen-bond donors (Lipinski definition) is 2. The van der Waals surface area contributed by atoms with Crippen molar-refractivity contribution in [3.63, 3.8) is 0 Å². The van der Waals surface area contributed by atoms with E-state index in [1.807, 2.05) is 6.92 Å². The normalized spacial score (nSPS) is 23.9. The minimum absolute atomic E-state index is 0.0166. The predicted octanol–water partition coefficient (Wildman–Crippen LogP) is -0.0169. The first-order chi connectivity index (χ1) is 8.22. The van der Waals surface area contributed by atoms with Crippen molar-refractivity contribution in [3.05, 3.63) is 12.3 Å². The van der Waals surface area contributed by atoms with Gasteiger partial charge in [-0.05, 0) is 6.54 Å². The fraction of sp³-hybridized carbons (Fsp3) is 0.636. The summed E-state index contributed by atoms with van der Waals surface area (Å²) in [6.45, 7) is 3.93. The molecule has 2 unspecified atom stereocenters. The van der Waals surface area contributed by atoms with Gasteiger partial charge in [-0.3, -0.25) is 9.48 Å². The monoisotopic (exact) mass is 238 g/mol. The van der Waals surface area contributed by atoms with Gasteiger partial charge < -0.3 is 15.4 Å². The summed E-state index contributed by atoms with van der Waals surface area (Å²) >= 11 is 0. The number of ether oxygens (including phenoxy) is 1. The van der Waals surface area contributed by atoms with Crippen molar-refractivity contribution in [1.82, 2.24) is 15.1 Å². The van der Waals surface area contributed by atoms with Crippen LogP contribution in [0, 0.1) is 5.92 Å². The quantitative estimate of drug-likeness (QED) is 0.773. The maximum Gasteiger partial charge on any atom is 0.232 e. The predicted molar refractivity (Wildman–Crippen MR) is 63.6 cm³/mol. The second kappa shape index (κ2) is 5.29. The zero-order chi connectivity index (χ0) is 12.3. The average Bonchev–Trinajstić information content (AvgIpc) is 2.89. The first-order valence-electron chi connectivity index (χ1n) is 5.82. The molecule has 1 fully saturated rings. The van der Waals surface area contributed by atoms with Crippen LogP contribution in [0.1, 0.15) is 6.92 Å². The Morgan fingerprint density at radius 2 is 2.47 bits per heavy atom. The smallest absolute Gasteiger partial charge is 0.232 e. The highest BCUT2D eigenvalue weighted by Gasteiger charge is 2.33.